The van der Waals surface area contributed by atoms with E-state index in [0.717, 1.165) is 5.39 Å². The number of carboxylic acid groups (broad SMARTS) is 1. The first-order chi connectivity index (χ1) is 11.7. The number of aromatic carboxylic acids is 1. The van der Waals surface area contributed by atoms with Crippen LogP contribution >= 0.6 is 0 Å². The summed E-state index contributed by atoms with van der Waals surface area (Å²) in [6.45, 7) is 0. The van der Waals surface area contributed by atoms with E-state index in [2.05, 4.69) is 5.10 Å². The number of carbonyl (C=O) groups is 1. The molecule has 0 saturated carbocycles. The quantitative estimate of drug-likeness (QED) is 0.576. The monoisotopic (exact) mass is 316 g/mol. The highest BCUT2D eigenvalue weighted by Gasteiger charge is 2.18. The van der Waals surface area contributed by atoms with Gasteiger partial charge in [-0.3, -0.25) is 4.79 Å². The van der Waals surface area contributed by atoms with Crippen molar-refractivity contribution < 1.29 is 9.90 Å². The van der Waals surface area contributed by atoms with E-state index in [1.54, 1.807) is 36.5 Å². The Morgan fingerprint density at radius 1 is 1.00 bits per heavy atom. The van der Waals surface area contributed by atoms with E-state index >= 15 is 0 Å². The highest BCUT2D eigenvalue weighted by molar-refractivity contribution is 6.07. The highest BCUT2D eigenvalue weighted by atomic mass is 16.4. The van der Waals surface area contributed by atoms with E-state index in [1.807, 2.05) is 24.3 Å². The van der Waals surface area contributed by atoms with E-state index in [-0.39, 0.29) is 11.1 Å². The van der Waals surface area contributed by atoms with Crippen molar-refractivity contribution in [2.75, 3.05) is 0 Å². The maximum absolute atomic E-state index is 12.9. The zero-order valence-corrected chi connectivity index (χ0v) is 12.5. The average Bonchev–Trinajstić information content (AvgIpc) is 2.62. The fourth-order valence-corrected chi connectivity index (χ4v) is 2.91. The largest absolute Gasteiger partial charge is 0.478 e. The zero-order chi connectivity index (χ0) is 16.7. The fourth-order valence-electron chi connectivity index (χ4n) is 2.91. The van der Waals surface area contributed by atoms with E-state index < -0.39 is 5.97 Å². The van der Waals surface area contributed by atoms with Crippen molar-refractivity contribution in [2.24, 2.45) is 0 Å². The Morgan fingerprint density at radius 3 is 2.46 bits per heavy atom. The molecule has 4 aromatic rings. The van der Waals surface area contributed by atoms with Crippen molar-refractivity contribution in [3.8, 4) is 11.1 Å². The third-order valence-corrected chi connectivity index (χ3v) is 4.02. The maximum atomic E-state index is 12.9. The van der Waals surface area contributed by atoms with Gasteiger partial charge in [-0.25, -0.2) is 4.79 Å². The fraction of sp³-hybridized carbons (Fsp3) is 0. The Morgan fingerprint density at radius 2 is 1.71 bits per heavy atom. The summed E-state index contributed by atoms with van der Waals surface area (Å²) in [6.07, 6.45) is 1.57. The number of rotatable bonds is 2. The Kier molecular flexibility index (Phi) is 3.13. The minimum Gasteiger partial charge on any atom is -0.478 e. The van der Waals surface area contributed by atoms with Crippen LogP contribution in [0.5, 0.6) is 0 Å². The first-order valence-electron chi connectivity index (χ1n) is 7.39. The van der Waals surface area contributed by atoms with Crippen molar-refractivity contribution in [3.05, 3.63) is 82.8 Å². The van der Waals surface area contributed by atoms with Crippen LogP contribution < -0.4 is 5.56 Å². The van der Waals surface area contributed by atoms with Gasteiger partial charge in [0.2, 0.25) is 0 Å². The molecule has 0 atom stereocenters. The molecule has 4 rings (SSSR count). The molecule has 5 nitrogen and oxygen atoms in total. The molecule has 1 N–H and O–H groups in total. The molecule has 0 radical (unpaired) electrons. The van der Waals surface area contributed by atoms with Crippen LogP contribution in [0.3, 0.4) is 0 Å². The SMILES string of the molecule is O=C(O)c1cc(-c2ccccc2)c(=O)n2ncc3ccccc3c12. The predicted octanol–water partition coefficient (Wildman–Crippen LogP) is 3.21. The number of fused-ring (bicyclic) bond motifs is 3. The third-order valence-electron chi connectivity index (χ3n) is 4.02. The molecule has 0 saturated heterocycles. The van der Waals surface area contributed by atoms with Crippen molar-refractivity contribution in [3.63, 3.8) is 0 Å². The van der Waals surface area contributed by atoms with Crippen LogP contribution in [0.2, 0.25) is 0 Å². The summed E-state index contributed by atoms with van der Waals surface area (Å²) in [7, 11) is 0. The van der Waals surface area contributed by atoms with Gasteiger partial charge in [-0.2, -0.15) is 9.61 Å². The molecule has 0 bridgehead atoms. The van der Waals surface area contributed by atoms with Crippen LogP contribution in [-0.4, -0.2) is 20.7 Å². The van der Waals surface area contributed by atoms with Gasteiger partial charge in [-0.1, -0.05) is 54.6 Å². The molecule has 0 amide bonds. The molecule has 24 heavy (non-hydrogen) atoms. The zero-order valence-electron chi connectivity index (χ0n) is 12.5. The van der Waals surface area contributed by atoms with Gasteiger partial charge in [0.15, 0.2) is 0 Å². The molecule has 2 aromatic carbocycles. The number of pyridine rings is 1. The topological polar surface area (TPSA) is 71.7 Å². The first kappa shape index (κ1) is 14.1. The molecule has 0 spiro atoms. The Labute approximate surface area is 136 Å². The standard InChI is InChI=1S/C19H12N2O3/c22-18-15(12-6-2-1-3-7-12)10-16(19(23)24)17-14-9-5-4-8-13(14)11-20-21(17)18/h1-11H,(H,23,24). The van der Waals surface area contributed by atoms with Crippen LogP contribution in [0.25, 0.3) is 27.4 Å². The predicted molar refractivity (Wildman–Crippen MR) is 91.4 cm³/mol. The van der Waals surface area contributed by atoms with Gasteiger partial charge in [0.25, 0.3) is 5.56 Å². The van der Waals surface area contributed by atoms with Crippen molar-refractivity contribution in [2.45, 2.75) is 0 Å². The minimum atomic E-state index is -1.09. The van der Waals surface area contributed by atoms with Crippen LogP contribution in [-0.2, 0) is 0 Å². The Hall–Kier alpha value is -3.47. The molecule has 0 aliphatic carbocycles. The van der Waals surface area contributed by atoms with Crippen LogP contribution in [0, 0.1) is 0 Å². The lowest BCUT2D eigenvalue weighted by Gasteiger charge is -2.10. The van der Waals surface area contributed by atoms with E-state index in [4.69, 9.17) is 0 Å². The third kappa shape index (κ3) is 2.06. The maximum Gasteiger partial charge on any atom is 0.337 e. The molecule has 5 heteroatoms. The van der Waals surface area contributed by atoms with Gasteiger partial charge in [0.1, 0.15) is 0 Å². The lowest BCUT2D eigenvalue weighted by Crippen LogP contribution is -2.21. The number of aromatic nitrogens is 2. The summed E-state index contributed by atoms with van der Waals surface area (Å²) in [6, 6.07) is 17.7. The van der Waals surface area contributed by atoms with Crippen molar-refractivity contribution in [1.29, 1.82) is 0 Å². The van der Waals surface area contributed by atoms with Gasteiger partial charge >= 0.3 is 5.97 Å². The molecule has 116 valence electrons. The van der Waals surface area contributed by atoms with E-state index in [0.29, 0.717) is 22.0 Å². The van der Waals surface area contributed by atoms with E-state index in [1.165, 1.54) is 10.6 Å². The number of carboxylic acids is 1. The normalized spacial score (nSPS) is 11.0. The van der Waals surface area contributed by atoms with Crippen LogP contribution in [0.1, 0.15) is 10.4 Å². The summed E-state index contributed by atoms with van der Waals surface area (Å²) in [4.78, 5) is 24.7. The van der Waals surface area contributed by atoms with Gasteiger partial charge in [0.05, 0.1) is 17.3 Å². The summed E-state index contributed by atoms with van der Waals surface area (Å²) in [5, 5.41) is 15.3. The number of hydrogen-bond acceptors (Lipinski definition) is 3. The minimum absolute atomic E-state index is 0.0535. The lowest BCUT2D eigenvalue weighted by atomic mass is 10.0. The molecule has 2 aromatic heterocycles. The number of nitrogens with zero attached hydrogens (tertiary/aromatic N) is 2. The number of hydrogen-bond donors (Lipinski definition) is 1. The summed E-state index contributed by atoms with van der Waals surface area (Å²) < 4.78 is 1.17. The Bertz CT molecular complexity index is 1150. The van der Waals surface area contributed by atoms with Crippen LogP contribution in [0.15, 0.2) is 71.7 Å². The average molecular weight is 316 g/mol. The smallest absolute Gasteiger partial charge is 0.337 e. The van der Waals surface area contributed by atoms with Gasteiger partial charge < -0.3 is 5.11 Å². The highest BCUT2D eigenvalue weighted by Crippen LogP contribution is 2.24. The van der Waals surface area contributed by atoms with Crippen molar-refractivity contribution in [1.82, 2.24) is 9.61 Å². The van der Waals surface area contributed by atoms with E-state index in [9.17, 15) is 14.7 Å². The molecule has 2 heterocycles. The lowest BCUT2D eigenvalue weighted by molar-refractivity contribution is 0.0698. The molecular formula is C19H12N2O3. The van der Waals surface area contributed by atoms with Gasteiger partial charge in [-0.15, -0.1) is 0 Å². The molecular weight excluding hydrogens is 304 g/mol. The molecule has 0 fully saturated rings. The molecule has 0 unspecified atom stereocenters. The number of benzene rings is 2. The molecule has 0 aliphatic rings. The summed E-state index contributed by atoms with van der Waals surface area (Å²) in [5.41, 5.74) is 0.998. The van der Waals surface area contributed by atoms with Crippen LogP contribution in [0.4, 0.5) is 0 Å². The second kappa shape index (κ2) is 5.31. The van der Waals surface area contributed by atoms with Gasteiger partial charge in [0, 0.05) is 16.3 Å². The first-order valence-corrected chi connectivity index (χ1v) is 7.39. The van der Waals surface area contributed by atoms with Gasteiger partial charge in [-0.05, 0) is 11.6 Å². The Balaban J connectivity index is 2.21. The second-order valence-electron chi connectivity index (χ2n) is 5.44. The molecule has 0 aliphatic heterocycles. The van der Waals surface area contributed by atoms with Crippen molar-refractivity contribution >= 4 is 22.3 Å². The second-order valence-corrected chi connectivity index (χ2v) is 5.44. The summed E-state index contributed by atoms with van der Waals surface area (Å²) >= 11 is 0. The summed E-state index contributed by atoms with van der Waals surface area (Å²) in [5.74, 6) is -1.09.